The van der Waals surface area contributed by atoms with Gasteiger partial charge in [0.2, 0.25) is 0 Å². The zero-order chi connectivity index (χ0) is 6.24. The molecule has 0 fully saturated rings. The fraction of sp³-hybridized carbons (Fsp3) is 0.800. The van der Waals surface area contributed by atoms with Gasteiger partial charge in [0.15, 0.2) is 0 Å². The second kappa shape index (κ2) is 6.25. The first-order valence-corrected chi connectivity index (χ1v) is 2.69. The van der Waals surface area contributed by atoms with Crippen molar-refractivity contribution in [2.45, 2.75) is 19.8 Å². The Balaban J connectivity index is 2.65. The summed E-state index contributed by atoms with van der Waals surface area (Å²) in [5, 5.41) is 7.83. The number of nitrogens with one attached hydrogen (secondary N) is 1. The average Bonchev–Trinajstić information content (AvgIpc) is 1.81. The molecule has 0 saturated carbocycles. The van der Waals surface area contributed by atoms with Crippen molar-refractivity contribution in [2.24, 2.45) is 0 Å². The number of hydroxylamine groups is 1. The molecule has 0 aromatic heterocycles. The van der Waals surface area contributed by atoms with Gasteiger partial charge in [0.1, 0.15) is 0 Å². The van der Waals surface area contributed by atoms with Gasteiger partial charge in [-0.25, -0.2) is 0 Å². The molecule has 0 aliphatic carbocycles. The maximum Gasteiger partial charge on any atom is 0.307 e. The Kier molecular flexibility index (Phi) is 5.66. The van der Waals surface area contributed by atoms with Crippen LogP contribution in [-0.2, 0) is 4.84 Å². The maximum absolute atomic E-state index is 7.83. The van der Waals surface area contributed by atoms with Gasteiger partial charge in [-0.1, -0.05) is 13.3 Å². The van der Waals surface area contributed by atoms with Gasteiger partial charge in [-0.15, -0.1) is 10.7 Å². The van der Waals surface area contributed by atoms with E-state index in [1.165, 1.54) is 6.26 Å². The van der Waals surface area contributed by atoms with Crippen LogP contribution in [-0.4, -0.2) is 6.54 Å². The zero-order valence-electron chi connectivity index (χ0n) is 4.98. The van der Waals surface area contributed by atoms with E-state index in [1.54, 1.807) is 0 Å². The Labute approximate surface area is 49.2 Å². The summed E-state index contributed by atoms with van der Waals surface area (Å²) < 4.78 is 0. The molecule has 0 aliphatic rings. The van der Waals surface area contributed by atoms with E-state index in [4.69, 9.17) is 5.26 Å². The predicted octanol–water partition coefficient (Wildman–Crippen LogP) is 0.789. The van der Waals surface area contributed by atoms with Crippen molar-refractivity contribution in [1.29, 1.82) is 5.26 Å². The van der Waals surface area contributed by atoms with Gasteiger partial charge in [-0.05, 0) is 6.42 Å². The normalized spacial score (nSPS) is 8.00. The molecule has 0 heterocycles. The lowest BCUT2D eigenvalue weighted by molar-refractivity contribution is 0.151. The third-order valence-electron chi connectivity index (χ3n) is 0.750. The van der Waals surface area contributed by atoms with Gasteiger partial charge in [-0.3, -0.25) is 0 Å². The lowest BCUT2D eigenvalue weighted by Crippen LogP contribution is -2.11. The molecule has 46 valence electrons. The molecule has 3 nitrogen and oxygen atoms in total. The highest BCUT2D eigenvalue weighted by molar-refractivity contribution is 4.43. The lowest BCUT2D eigenvalue weighted by Gasteiger charge is -1.94. The zero-order valence-corrected chi connectivity index (χ0v) is 4.98. The molecule has 0 unspecified atom stereocenters. The van der Waals surface area contributed by atoms with Gasteiger partial charge in [0, 0.05) is 6.54 Å². The molecule has 0 radical (unpaired) electrons. The Morgan fingerprint density at radius 2 is 2.50 bits per heavy atom. The Hall–Kier alpha value is -0.750. The minimum atomic E-state index is 0.754. The van der Waals surface area contributed by atoms with Crippen molar-refractivity contribution >= 4 is 0 Å². The summed E-state index contributed by atoms with van der Waals surface area (Å²) in [5.74, 6) is 0. The van der Waals surface area contributed by atoms with E-state index in [0.717, 1.165) is 19.4 Å². The second-order valence-electron chi connectivity index (χ2n) is 1.44. The summed E-state index contributed by atoms with van der Waals surface area (Å²) in [6.07, 6.45) is 3.67. The topological polar surface area (TPSA) is 45.0 Å². The highest BCUT2D eigenvalue weighted by atomic mass is 16.6. The van der Waals surface area contributed by atoms with Crippen molar-refractivity contribution in [3.05, 3.63) is 0 Å². The first-order valence-electron chi connectivity index (χ1n) is 2.69. The number of nitriles is 1. The first-order chi connectivity index (χ1) is 3.91. The van der Waals surface area contributed by atoms with Crippen molar-refractivity contribution in [3.8, 4) is 6.26 Å². The molecule has 0 saturated heterocycles. The minimum absolute atomic E-state index is 0.754. The monoisotopic (exact) mass is 114 g/mol. The molecule has 0 rings (SSSR count). The molecule has 0 amide bonds. The average molecular weight is 114 g/mol. The molecule has 8 heavy (non-hydrogen) atoms. The summed E-state index contributed by atoms with van der Waals surface area (Å²) in [6.45, 7) is 2.83. The molecule has 0 atom stereocenters. The van der Waals surface area contributed by atoms with Crippen LogP contribution in [0.25, 0.3) is 0 Å². The van der Waals surface area contributed by atoms with Crippen molar-refractivity contribution in [3.63, 3.8) is 0 Å². The molecule has 0 aliphatic heterocycles. The highest BCUT2D eigenvalue weighted by Crippen LogP contribution is 1.80. The van der Waals surface area contributed by atoms with E-state index in [9.17, 15) is 0 Å². The Morgan fingerprint density at radius 3 is 3.00 bits per heavy atom. The van der Waals surface area contributed by atoms with Crippen LogP contribution in [0, 0.1) is 11.5 Å². The van der Waals surface area contributed by atoms with Crippen LogP contribution in [0.3, 0.4) is 0 Å². The summed E-state index contributed by atoms with van der Waals surface area (Å²) in [6, 6.07) is 0. The molecule has 0 spiro atoms. The molecule has 0 aromatic rings. The van der Waals surface area contributed by atoms with Crippen LogP contribution >= 0.6 is 0 Å². The van der Waals surface area contributed by atoms with E-state index < -0.39 is 0 Å². The summed E-state index contributed by atoms with van der Waals surface area (Å²) in [4.78, 5) is 4.19. The van der Waals surface area contributed by atoms with E-state index in [0.29, 0.717) is 0 Å². The molecule has 3 heteroatoms. The molecular weight excluding hydrogens is 104 g/mol. The smallest absolute Gasteiger partial charge is 0.307 e. The second-order valence-corrected chi connectivity index (χ2v) is 1.44. The number of unbranched alkanes of at least 4 members (excludes halogenated alkanes) is 1. The number of rotatable bonds is 4. The predicted molar refractivity (Wildman–Crippen MR) is 29.6 cm³/mol. The van der Waals surface area contributed by atoms with Crippen LogP contribution in [0.1, 0.15) is 19.8 Å². The molecule has 0 aromatic carbocycles. The van der Waals surface area contributed by atoms with Crippen LogP contribution in [0.2, 0.25) is 0 Å². The molecule has 1 N–H and O–H groups in total. The quantitative estimate of drug-likeness (QED) is 0.334. The van der Waals surface area contributed by atoms with E-state index in [-0.39, 0.29) is 0 Å². The number of hydrogen-bond donors (Lipinski definition) is 1. The van der Waals surface area contributed by atoms with Gasteiger partial charge in [0.25, 0.3) is 0 Å². The number of nitrogens with zero attached hydrogens (tertiary/aromatic N) is 1. The van der Waals surface area contributed by atoms with E-state index in [2.05, 4.69) is 17.2 Å². The van der Waals surface area contributed by atoms with Crippen molar-refractivity contribution in [1.82, 2.24) is 5.48 Å². The van der Waals surface area contributed by atoms with E-state index in [1.807, 2.05) is 0 Å². The lowest BCUT2D eigenvalue weighted by atomic mass is 10.3. The van der Waals surface area contributed by atoms with Crippen LogP contribution in [0.5, 0.6) is 0 Å². The van der Waals surface area contributed by atoms with Crippen LogP contribution in [0.4, 0.5) is 0 Å². The SMILES string of the molecule is CCCCNOC#N. The fourth-order valence-corrected chi connectivity index (χ4v) is 0.332. The standard InChI is InChI=1S/C5H10N2O/c1-2-3-4-7-8-5-6/h7H,2-4H2,1H3. The maximum atomic E-state index is 7.83. The number of hydrogen-bond acceptors (Lipinski definition) is 3. The molecule has 0 bridgehead atoms. The van der Waals surface area contributed by atoms with Gasteiger partial charge >= 0.3 is 6.26 Å². The summed E-state index contributed by atoms with van der Waals surface area (Å²) in [5.41, 5.74) is 2.47. The largest absolute Gasteiger partial charge is 0.330 e. The summed E-state index contributed by atoms with van der Waals surface area (Å²) in [7, 11) is 0. The van der Waals surface area contributed by atoms with Crippen molar-refractivity contribution in [2.75, 3.05) is 6.54 Å². The van der Waals surface area contributed by atoms with Crippen molar-refractivity contribution < 1.29 is 4.84 Å². The fourth-order valence-electron chi connectivity index (χ4n) is 0.332. The summed E-state index contributed by atoms with van der Waals surface area (Å²) >= 11 is 0. The minimum Gasteiger partial charge on any atom is -0.330 e. The van der Waals surface area contributed by atoms with Gasteiger partial charge in [0.05, 0.1) is 0 Å². The third kappa shape index (κ3) is 5.25. The Morgan fingerprint density at radius 1 is 1.75 bits per heavy atom. The Bertz CT molecular complexity index is 77.0. The molecular formula is C5H10N2O. The van der Waals surface area contributed by atoms with Gasteiger partial charge in [-0.2, -0.15) is 0 Å². The van der Waals surface area contributed by atoms with Crippen LogP contribution < -0.4 is 5.48 Å². The van der Waals surface area contributed by atoms with Gasteiger partial charge < -0.3 is 4.84 Å². The highest BCUT2D eigenvalue weighted by Gasteiger charge is 1.80. The van der Waals surface area contributed by atoms with Crippen LogP contribution in [0.15, 0.2) is 0 Å². The third-order valence-corrected chi connectivity index (χ3v) is 0.750. The van der Waals surface area contributed by atoms with E-state index >= 15 is 0 Å². The first kappa shape index (κ1) is 7.25.